The van der Waals surface area contributed by atoms with Gasteiger partial charge in [-0.15, -0.1) is 5.10 Å². The third-order valence-corrected chi connectivity index (χ3v) is 5.16. The van der Waals surface area contributed by atoms with E-state index in [1.807, 2.05) is 31.3 Å². The quantitative estimate of drug-likeness (QED) is 0.703. The molecular weight excluding hydrogens is 342 g/mol. The minimum Gasteiger partial charge on any atom is -0.493 e. The summed E-state index contributed by atoms with van der Waals surface area (Å²) in [7, 11) is 3.28. The predicted molar refractivity (Wildman–Crippen MR) is 104 cm³/mol. The molecule has 0 amide bonds. The van der Waals surface area contributed by atoms with Crippen molar-refractivity contribution in [3.63, 3.8) is 0 Å². The van der Waals surface area contributed by atoms with Crippen molar-refractivity contribution in [3.05, 3.63) is 42.1 Å². The Morgan fingerprint density at radius 3 is 2.52 bits per heavy atom. The monoisotopic (exact) mass is 365 g/mol. The lowest BCUT2D eigenvalue weighted by atomic mass is 9.93. The molecule has 0 bridgehead atoms. The maximum atomic E-state index is 5.47. The van der Waals surface area contributed by atoms with Crippen LogP contribution in [0, 0.1) is 6.92 Å². The van der Waals surface area contributed by atoms with Gasteiger partial charge in [-0.3, -0.25) is 0 Å². The molecule has 1 aliphatic heterocycles. The van der Waals surface area contributed by atoms with Crippen LogP contribution in [0.2, 0.25) is 0 Å². The highest BCUT2D eigenvalue weighted by Gasteiger charge is 2.24. The smallest absolute Gasteiger partial charge is 0.161 e. The minimum atomic E-state index is 0.459. The number of piperidine rings is 1. The Balaban J connectivity index is 1.60. The van der Waals surface area contributed by atoms with E-state index in [0.717, 1.165) is 54.0 Å². The molecule has 0 radical (unpaired) electrons. The van der Waals surface area contributed by atoms with Gasteiger partial charge < -0.3 is 14.4 Å². The Labute approximate surface area is 158 Å². The summed E-state index contributed by atoms with van der Waals surface area (Å²) >= 11 is 0. The molecule has 0 N–H and O–H groups in total. The lowest BCUT2D eigenvalue weighted by Crippen LogP contribution is -2.34. The van der Waals surface area contributed by atoms with Crippen molar-refractivity contribution in [1.82, 2.24) is 20.2 Å². The Bertz CT molecular complexity index is 954. The largest absolute Gasteiger partial charge is 0.493 e. The fraction of sp³-hybridized carbons (Fsp3) is 0.400. The number of ether oxygens (including phenoxy) is 2. The van der Waals surface area contributed by atoms with E-state index in [2.05, 4.69) is 25.1 Å². The predicted octanol–water partition coefficient (Wildman–Crippen LogP) is 3.13. The number of hydrogen-bond donors (Lipinski definition) is 0. The van der Waals surface area contributed by atoms with Gasteiger partial charge in [0.05, 0.1) is 20.4 Å². The van der Waals surface area contributed by atoms with Crippen molar-refractivity contribution in [2.24, 2.45) is 0 Å². The van der Waals surface area contributed by atoms with Crippen LogP contribution in [0.3, 0.4) is 0 Å². The van der Waals surface area contributed by atoms with Crippen LogP contribution in [0.15, 0.2) is 30.6 Å². The van der Waals surface area contributed by atoms with Crippen LogP contribution >= 0.6 is 0 Å². The molecule has 2 aromatic heterocycles. The number of benzene rings is 1. The number of nitrogens with zero attached hydrogens (tertiary/aromatic N) is 5. The number of aromatic nitrogens is 4. The molecule has 0 unspecified atom stereocenters. The fourth-order valence-corrected chi connectivity index (χ4v) is 3.72. The Morgan fingerprint density at radius 1 is 1.07 bits per heavy atom. The molecule has 1 aromatic carbocycles. The van der Waals surface area contributed by atoms with Crippen LogP contribution in [0.1, 0.15) is 30.3 Å². The summed E-state index contributed by atoms with van der Waals surface area (Å²) in [6, 6.07) is 5.96. The van der Waals surface area contributed by atoms with Crippen LogP contribution < -0.4 is 14.4 Å². The molecule has 140 valence electrons. The zero-order valence-corrected chi connectivity index (χ0v) is 15.8. The minimum absolute atomic E-state index is 0.459. The maximum absolute atomic E-state index is 5.47. The molecule has 1 aliphatic rings. The molecule has 3 aromatic rings. The molecule has 0 atom stereocenters. The molecule has 3 heterocycles. The first-order chi connectivity index (χ1) is 13.2. The lowest BCUT2D eigenvalue weighted by Gasteiger charge is -2.32. The number of methoxy groups -OCH3 is 2. The van der Waals surface area contributed by atoms with Crippen LogP contribution in [0.4, 0.5) is 5.82 Å². The normalized spacial score (nSPS) is 15.1. The van der Waals surface area contributed by atoms with Crippen LogP contribution in [-0.2, 0) is 0 Å². The van der Waals surface area contributed by atoms with E-state index in [1.54, 1.807) is 20.4 Å². The molecule has 0 aliphatic carbocycles. The molecule has 7 heteroatoms. The summed E-state index contributed by atoms with van der Waals surface area (Å²) in [5.41, 5.74) is 1.14. The summed E-state index contributed by atoms with van der Waals surface area (Å²) in [4.78, 5) is 11.1. The molecule has 27 heavy (non-hydrogen) atoms. The second-order valence-electron chi connectivity index (χ2n) is 6.75. The third-order valence-electron chi connectivity index (χ3n) is 5.16. The summed E-state index contributed by atoms with van der Waals surface area (Å²) in [5, 5.41) is 10.6. The van der Waals surface area contributed by atoms with Crippen molar-refractivity contribution >= 4 is 16.6 Å². The third kappa shape index (κ3) is 3.37. The average molecular weight is 365 g/mol. The molecule has 4 rings (SSSR count). The molecule has 1 fully saturated rings. The van der Waals surface area contributed by atoms with Gasteiger partial charge in [-0.25, -0.2) is 9.97 Å². The Hall–Kier alpha value is -2.96. The van der Waals surface area contributed by atoms with Gasteiger partial charge in [0.1, 0.15) is 5.82 Å². The van der Waals surface area contributed by atoms with Gasteiger partial charge in [0, 0.05) is 41.7 Å². The molecule has 7 nitrogen and oxygen atoms in total. The lowest BCUT2D eigenvalue weighted by molar-refractivity contribution is 0.356. The number of anilines is 1. The van der Waals surface area contributed by atoms with Crippen LogP contribution in [0.5, 0.6) is 11.5 Å². The number of aryl methyl sites for hydroxylation is 1. The summed E-state index contributed by atoms with van der Waals surface area (Å²) in [5.74, 6) is 3.58. The van der Waals surface area contributed by atoms with E-state index >= 15 is 0 Å². The van der Waals surface area contributed by atoms with Crippen molar-refractivity contribution < 1.29 is 9.47 Å². The van der Waals surface area contributed by atoms with Crippen molar-refractivity contribution in [2.45, 2.75) is 25.7 Å². The highest BCUT2D eigenvalue weighted by atomic mass is 16.5. The second-order valence-corrected chi connectivity index (χ2v) is 6.75. The van der Waals surface area contributed by atoms with Crippen LogP contribution in [-0.4, -0.2) is 47.5 Å². The Morgan fingerprint density at radius 2 is 1.81 bits per heavy atom. The molecule has 0 saturated carbocycles. The highest BCUT2D eigenvalue weighted by molar-refractivity contribution is 5.94. The second kappa shape index (κ2) is 7.34. The van der Waals surface area contributed by atoms with E-state index in [1.165, 1.54) is 0 Å². The van der Waals surface area contributed by atoms with E-state index < -0.39 is 0 Å². The van der Waals surface area contributed by atoms with Gasteiger partial charge >= 0.3 is 0 Å². The van der Waals surface area contributed by atoms with E-state index in [0.29, 0.717) is 17.4 Å². The van der Waals surface area contributed by atoms with Crippen LogP contribution in [0.25, 0.3) is 10.8 Å². The molecule has 0 spiro atoms. The average Bonchev–Trinajstić information content (AvgIpc) is 2.72. The first kappa shape index (κ1) is 17.5. The molecular formula is C20H23N5O2. The van der Waals surface area contributed by atoms with Gasteiger partial charge in [0.25, 0.3) is 0 Å². The first-order valence-electron chi connectivity index (χ1n) is 9.11. The zero-order valence-electron chi connectivity index (χ0n) is 15.8. The summed E-state index contributed by atoms with van der Waals surface area (Å²) in [6.45, 7) is 3.76. The Kier molecular flexibility index (Phi) is 4.75. The summed E-state index contributed by atoms with van der Waals surface area (Å²) < 4.78 is 10.9. The number of fused-ring (bicyclic) bond motifs is 1. The van der Waals surface area contributed by atoms with Gasteiger partial charge in [-0.05, 0) is 38.0 Å². The maximum Gasteiger partial charge on any atom is 0.161 e. The van der Waals surface area contributed by atoms with Gasteiger partial charge in [0.2, 0.25) is 0 Å². The van der Waals surface area contributed by atoms with E-state index in [-0.39, 0.29) is 0 Å². The van der Waals surface area contributed by atoms with Gasteiger partial charge in [-0.1, -0.05) is 0 Å². The van der Waals surface area contributed by atoms with Gasteiger partial charge in [0.15, 0.2) is 17.3 Å². The van der Waals surface area contributed by atoms with Gasteiger partial charge in [-0.2, -0.15) is 5.10 Å². The number of hydrogen-bond acceptors (Lipinski definition) is 7. The highest BCUT2D eigenvalue weighted by Crippen LogP contribution is 2.37. The van der Waals surface area contributed by atoms with Crippen molar-refractivity contribution in [2.75, 3.05) is 32.2 Å². The van der Waals surface area contributed by atoms with E-state index in [9.17, 15) is 0 Å². The fourth-order valence-electron chi connectivity index (χ4n) is 3.72. The van der Waals surface area contributed by atoms with Crippen molar-refractivity contribution in [3.8, 4) is 11.5 Å². The zero-order chi connectivity index (χ0) is 18.8. The molecule has 1 saturated heterocycles. The first-order valence-corrected chi connectivity index (χ1v) is 9.11. The van der Waals surface area contributed by atoms with E-state index in [4.69, 9.17) is 9.47 Å². The number of rotatable bonds is 4. The standard InChI is InChI=1S/C20H23N5O2/c1-13-21-7-4-17(23-13)14-5-8-25(9-6-14)20-16-11-19(27-3)18(26-2)10-15(16)12-22-24-20/h4,7,10-12,14H,5-6,8-9H2,1-3H3. The topological polar surface area (TPSA) is 73.3 Å². The summed E-state index contributed by atoms with van der Waals surface area (Å²) in [6.07, 6.45) is 5.67. The van der Waals surface area contributed by atoms with Crippen molar-refractivity contribution in [1.29, 1.82) is 0 Å². The SMILES string of the molecule is COc1cc2cnnc(N3CCC(c4ccnc(C)n4)CC3)c2cc1OC.